The Balaban J connectivity index is 0.938. The van der Waals surface area contributed by atoms with Crippen LogP contribution in [-0.2, 0) is 33.9 Å². The highest BCUT2D eigenvalue weighted by Crippen LogP contribution is 2.31. The zero-order valence-corrected chi connectivity index (χ0v) is 30.8. The number of carbonyl (C=O) groups is 4. The summed E-state index contributed by atoms with van der Waals surface area (Å²) < 4.78 is 1.81. The highest BCUT2D eigenvalue weighted by Gasteiger charge is 2.39. The summed E-state index contributed by atoms with van der Waals surface area (Å²) in [6.45, 7) is 7.19. The van der Waals surface area contributed by atoms with Crippen LogP contribution >= 0.6 is 0 Å². The molecule has 2 aliphatic rings. The molecule has 1 unspecified atom stereocenters. The summed E-state index contributed by atoms with van der Waals surface area (Å²) in [6.07, 6.45) is 8.06. The molecule has 0 radical (unpaired) electrons. The number of aliphatic hydroxyl groups is 1. The van der Waals surface area contributed by atoms with E-state index >= 15 is 0 Å². The van der Waals surface area contributed by atoms with Crippen LogP contribution in [0.25, 0.3) is 5.65 Å². The fourth-order valence-corrected chi connectivity index (χ4v) is 7.03. The number of aromatic nitrogens is 3. The maximum atomic E-state index is 13.1. The highest BCUT2D eigenvalue weighted by molar-refractivity contribution is 6.05. The molecule has 0 aliphatic carbocycles. The Morgan fingerprint density at radius 1 is 1.06 bits per heavy atom. The van der Waals surface area contributed by atoms with Gasteiger partial charge in [-0.25, -0.2) is 4.98 Å². The third kappa shape index (κ3) is 8.85. The molecule has 4 amide bonds. The molecule has 2 atom stereocenters. The second kappa shape index (κ2) is 17.0. The van der Waals surface area contributed by atoms with Crippen molar-refractivity contribution in [2.45, 2.75) is 110 Å². The monoisotopic (exact) mass is 722 g/mol. The van der Waals surface area contributed by atoms with Crippen molar-refractivity contribution in [1.82, 2.24) is 24.8 Å². The third-order valence-corrected chi connectivity index (χ3v) is 10.2. The molecule has 0 bridgehead atoms. The molecule has 13 nitrogen and oxygen atoms in total. The predicted octanol–water partition coefficient (Wildman–Crippen LogP) is 5.54. The minimum Gasteiger partial charge on any atom is -0.394 e. The van der Waals surface area contributed by atoms with Crippen LogP contribution in [0.3, 0.4) is 0 Å². The van der Waals surface area contributed by atoms with Crippen molar-refractivity contribution in [3.05, 3.63) is 82.5 Å². The van der Waals surface area contributed by atoms with E-state index < -0.39 is 11.9 Å². The van der Waals surface area contributed by atoms with Gasteiger partial charge in [-0.15, -0.1) is 0 Å². The standard InChI is InChI=1S/C40H50N8O5/c1-4-28(24-49)43-34-20-35(48-38(45-34)31(22-42-48)25(2)3)41-21-26-14-16-29(17-15-26)44-36(50)13-8-6-5-7-10-27-11-9-12-30-32(27)23-47(40(30)53)33-18-19-37(51)46-39(33)52/h9,11-12,14-17,20,22,25,28,33,41,49H,4-8,10,13,18-19,21,23-24H2,1-3H3,(H,43,45)(H,44,50)(H,46,51,52)/t28-,33?/m1/s1. The molecular formula is C40H50N8O5. The van der Waals surface area contributed by atoms with Crippen LogP contribution in [0.5, 0.6) is 0 Å². The van der Waals surface area contributed by atoms with Crippen LogP contribution < -0.4 is 21.3 Å². The summed E-state index contributed by atoms with van der Waals surface area (Å²) in [6, 6.07) is 14.7. The largest absolute Gasteiger partial charge is 0.394 e. The van der Waals surface area contributed by atoms with E-state index in [9.17, 15) is 24.3 Å². The van der Waals surface area contributed by atoms with Gasteiger partial charge in [-0.1, -0.05) is 57.9 Å². The molecule has 2 aromatic carbocycles. The summed E-state index contributed by atoms with van der Waals surface area (Å²) in [7, 11) is 0. The third-order valence-electron chi connectivity index (χ3n) is 10.2. The van der Waals surface area contributed by atoms with Crippen molar-refractivity contribution < 1.29 is 24.3 Å². The number of imide groups is 1. The summed E-state index contributed by atoms with van der Waals surface area (Å²) in [5, 5.41) is 26.5. The number of unbranched alkanes of at least 4 members (excludes halogenated alkanes) is 3. The molecule has 2 aromatic heterocycles. The lowest BCUT2D eigenvalue weighted by Gasteiger charge is -2.29. The second-order valence-corrected chi connectivity index (χ2v) is 14.3. The quantitative estimate of drug-likeness (QED) is 0.0694. The van der Waals surface area contributed by atoms with Crippen molar-refractivity contribution in [3.63, 3.8) is 0 Å². The number of nitrogens with one attached hydrogen (secondary N) is 4. The van der Waals surface area contributed by atoms with E-state index in [2.05, 4.69) is 40.2 Å². The summed E-state index contributed by atoms with van der Waals surface area (Å²) in [4.78, 5) is 56.2. The molecule has 1 fully saturated rings. The van der Waals surface area contributed by atoms with Crippen molar-refractivity contribution in [2.75, 3.05) is 22.6 Å². The van der Waals surface area contributed by atoms with Crippen molar-refractivity contribution in [2.24, 2.45) is 0 Å². The van der Waals surface area contributed by atoms with Gasteiger partial charge in [-0.3, -0.25) is 24.5 Å². The van der Waals surface area contributed by atoms with E-state index in [1.165, 1.54) is 0 Å². The maximum Gasteiger partial charge on any atom is 0.255 e. The van der Waals surface area contributed by atoms with Crippen molar-refractivity contribution in [1.29, 1.82) is 0 Å². The lowest BCUT2D eigenvalue weighted by atomic mass is 9.98. The van der Waals surface area contributed by atoms with Gasteiger partial charge in [0.05, 0.1) is 18.8 Å². The maximum absolute atomic E-state index is 13.1. The van der Waals surface area contributed by atoms with E-state index in [-0.39, 0.29) is 42.7 Å². The molecule has 4 aromatic rings. The number of aliphatic hydroxyl groups excluding tert-OH is 1. The number of aryl methyl sites for hydroxylation is 1. The van der Waals surface area contributed by atoms with Gasteiger partial charge in [0, 0.05) is 48.8 Å². The molecule has 53 heavy (non-hydrogen) atoms. The SMILES string of the molecule is CC[C@H](CO)Nc1cc(NCc2ccc(NC(=O)CCCCCCc3cccc4c3CN(C3CCC(=O)NC3=O)C4=O)cc2)n2ncc(C(C)C)c2n1. The van der Waals surface area contributed by atoms with Gasteiger partial charge in [0.15, 0.2) is 5.65 Å². The first kappa shape index (κ1) is 37.5. The first-order valence-electron chi connectivity index (χ1n) is 18.8. The zero-order chi connectivity index (χ0) is 37.5. The smallest absolute Gasteiger partial charge is 0.255 e. The molecular weight excluding hydrogens is 672 g/mol. The van der Waals surface area contributed by atoms with Crippen LogP contribution in [0.1, 0.15) is 111 Å². The Bertz CT molecular complexity index is 1950. The highest BCUT2D eigenvalue weighted by atomic mass is 16.3. The number of rotatable bonds is 17. The number of amides is 4. The fraction of sp³-hybridized carbons (Fsp3) is 0.450. The normalized spacial score (nSPS) is 16.2. The number of piperidine rings is 1. The summed E-state index contributed by atoms with van der Waals surface area (Å²) in [5.74, 6) is 0.859. The molecule has 0 spiro atoms. The van der Waals surface area contributed by atoms with Gasteiger partial charge in [0.25, 0.3) is 5.91 Å². The number of nitrogens with zero attached hydrogens (tertiary/aromatic N) is 4. The lowest BCUT2D eigenvalue weighted by molar-refractivity contribution is -0.137. The minimum atomic E-state index is -0.615. The second-order valence-electron chi connectivity index (χ2n) is 14.3. The van der Waals surface area contributed by atoms with Gasteiger partial charge in [-0.05, 0) is 72.9 Å². The number of hydrogen-bond donors (Lipinski definition) is 5. The molecule has 0 saturated carbocycles. The number of benzene rings is 2. The first-order chi connectivity index (χ1) is 25.6. The number of anilines is 3. The van der Waals surface area contributed by atoms with Gasteiger partial charge in [-0.2, -0.15) is 9.61 Å². The van der Waals surface area contributed by atoms with Crippen LogP contribution in [0.2, 0.25) is 0 Å². The molecule has 6 rings (SSSR count). The van der Waals surface area contributed by atoms with E-state index in [4.69, 9.17) is 4.98 Å². The minimum absolute atomic E-state index is 0.0174. The summed E-state index contributed by atoms with van der Waals surface area (Å²) in [5.41, 5.74) is 6.34. The fourth-order valence-electron chi connectivity index (χ4n) is 7.03. The Labute approximate surface area is 309 Å². The van der Waals surface area contributed by atoms with Crippen LogP contribution in [0.15, 0.2) is 54.7 Å². The Hall–Kier alpha value is -5.30. The van der Waals surface area contributed by atoms with Gasteiger partial charge >= 0.3 is 0 Å². The number of carbonyl (C=O) groups excluding carboxylic acids is 4. The topological polar surface area (TPSA) is 170 Å². The number of hydrogen-bond acceptors (Lipinski definition) is 9. The molecule has 5 N–H and O–H groups in total. The zero-order valence-electron chi connectivity index (χ0n) is 30.8. The average Bonchev–Trinajstić information content (AvgIpc) is 3.73. The van der Waals surface area contributed by atoms with E-state index in [0.29, 0.717) is 37.3 Å². The first-order valence-corrected chi connectivity index (χ1v) is 18.8. The van der Waals surface area contributed by atoms with Crippen LogP contribution in [0, 0.1) is 0 Å². The Morgan fingerprint density at radius 3 is 2.58 bits per heavy atom. The average molecular weight is 723 g/mol. The van der Waals surface area contributed by atoms with Gasteiger partial charge in [0.2, 0.25) is 17.7 Å². The van der Waals surface area contributed by atoms with Gasteiger partial charge < -0.3 is 26.0 Å². The summed E-state index contributed by atoms with van der Waals surface area (Å²) >= 11 is 0. The Morgan fingerprint density at radius 2 is 1.85 bits per heavy atom. The molecule has 4 heterocycles. The van der Waals surface area contributed by atoms with Gasteiger partial charge in [0.1, 0.15) is 17.7 Å². The molecule has 1 saturated heterocycles. The molecule has 13 heteroatoms. The molecule has 280 valence electrons. The predicted molar refractivity (Wildman–Crippen MR) is 204 cm³/mol. The van der Waals surface area contributed by atoms with Crippen LogP contribution in [0.4, 0.5) is 17.3 Å². The number of fused-ring (bicyclic) bond motifs is 2. The van der Waals surface area contributed by atoms with Crippen LogP contribution in [-0.4, -0.2) is 66.9 Å². The van der Waals surface area contributed by atoms with Crippen molar-refractivity contribution >= 4 is 46.6 Å². The van der Waals surface area contributed by atoms with E-state index in [1.807, 2.05) is 66.2 Å². The van der Waals surface area contributed by atoms with Crippen molar-refractivity contribution in [3.8, 4) is 0 Å². The molecule has 2 aliphatic heterocycles. The van der Waals surface area contributed by atoms with E-state index in [0.717, 1.165) is 77.9 Å². The van der Waals surface area contributed by atoms with E-state index in [1.54, 1.807) is 4.90 Å². The lowest BCUT2D eigenvalue weighted by Crippen LogP contribution is -2.52. The Kier molecular flexibility index (Phi) is 12.0.